The van der Waals surface area contributed by atoms with Crippen LogP contribution in [-0.4, -0.2) is 33.2 Å². The number of nitrogens with zero attached hydrogens (tertiary/aromatic N) is 1. The van der Waals surface area contributed by atoms with Crippen LogP contribution in [0, 0.1) is 5.41 Å². The van der Waals surface area contributed by atoms with E-state index in [-0.39, 0.29) is 12.0 Å². The lowest BCUT2D eigenvalue weighted by Gasteiger charge is -2.23. The molecule has 0 spiro atoms. The molecule has 1 unspecified atom stereocenters. The molecule has 19 heavy (non-hydrogen) atoms. The van der Waals surface area contributed by atoms with Gasteiger partial charge < -0.3 is 10.4 Å². The van der Waals surface area contributed by atoms with Gasteiger partial charge in [-0.1, -0.05) is 20.8 Å². The SMILES string of the molecule is CC(C)(C)CNC(Cn1ccc(=O)[nH]c1=O)C(=O)O. The number of rotatable bonds is 5. The maximum Gasteiger partial charge on any atom is 0.328 e. The highest BCUT2D eigenvalue weighted by atomic mass is 16.4. The van der Waals surface area contributed by atoms with Gasteiger partial charge in [0.05, 0.1) is 6.54 Å². The van der Waals surface area contributed by atoms with E-state index < -0.39 is 23.3 Å². The van der Waals surface area contributed by atoms with Crippen molar-refractivity contribution >= 4 is 5.97 Å². The standard InChI is InChI=1S/C12H19N3O4/c1-12(2,3)7-13-8(10(17)18)6-15-5-4-9(16)14-11(15)19/h4-5,8,13H,6-7H2,1-3H3,(H,17,18)(H,14,16,19). The zero-order valence-corrected chi connectivity index (χ0v) is 11.3. The molecule has 0 saturated carbocycles. The van der Waals surface area contributed by atoms with Crippen LogP contribution in [0.5, 0.6) is 0 Å². The molecule has 7 nitrogen and oxygen atoms in total. The number of carbonyl (C=O) groups is 1. The van der Waals surface area contributed by atoms with Crippen molar-refractivity contribution in [3.05, 3.63) is 33.1 Å². The summed E-state index contributed by atoms with van der Waals surface area (Å²) in [5.74, 6) is -1.04. The lowest BCUT2D eigenvalue weighted by Crippen LogP contribution is -2.46. The summed E-state index contributed by atoms with van der Waals surface area (Å²) in [6, 6.07) is 0.298. The third-order valence-corrected chi connectivity index (χ3v) is 2.45. The molecule has 0 bridgehead atoms. The van der Waals surface area contributed by atoms with Crippen LogP contribution in [0.15, 0.2) is 21.9 Å². The smallest absolute Gasteiger partial charge is 0.328 e. The second kappa shape index (κ2) is 5.83. The first kappa shape index (κ1) is 15.2. The normalized spacial score (nSPS) is 13.2. The maximum atomic E-state index is 11.5. The molecule has 0 fully saturated rings. The number of H-pyrrole nitrogens is 1. The van der Waals surface area contributed by atoms with Crippen LogP contribution >= 0.6 is 0 Å². The number of hydrogen-bond acceptors (Lipinski definition) is 4. The highest BCUT2D eigenvalue weighted by molar-refractivity contribution is 5.73. The van der Waals surface area contributed by atoms with Crippen molar-refractivity contribution in [2.75, 3.05) is 6.54 Å². The van der Waals surface area contributed by atoms with Gasteiger partial charge in [-0.15, -0.1) is 0 Å². The molecule has 0 aliphatic carbocycles. The highest BCUT2D eigenvalue weighted by Crippen LogP contribution is 2.10. The molecule has 1 aromatic rings. The average molecular weight is 269 g/mol. The van der Waals surface area contributed by atoms with Crippen LogP contribution in [-0.2, 0) is 11.3 Å². The predicted molar refractivity (Wildman–Crippen MR) is 70.2 cm³/mol. The van der Waals surface area contributed by atoms with Gasteiger partial charge in [-0.25, -0.2) is 4.79 Å². The molecule has 1 aromatic heterocycles. The van der Waals surface area contributed by atoms with Gasteiger partial charge in [-0.05, 0) is 5.41 Å². The largest absolute Gasteiger partial charge is 0.480 e. The Morgan fingerprint density at radius 1 is 1.47 bits per heavy atom. The molecule has 0 aliphatic rings. The molecule has 106 valence electrons. The second-order valence-corrected chi connectivity index (χ2v) is 5.59. The van der Waals surface area contributed by atoms with Crippen molar-refractivity contribution in [1.29, 1.82) is 0 Å². The first-order chi connectivity index (χ1) is 8.69. The second-order valence-electron chi connectivity index (χ2n) is 5.59. The predicted octanol–water partition coefficient (Wildman–Crippen LogP) is -0.374. The van der Waals surface area contributed by atoms with Gasteiger partial charge in [0.1, 0.15) is 6.04 Å². The first-order valence-electron chi connectivity index (χ1n) is 5.95. The van der Waals surface area contributed by atoms with E-state index in [0.717, 1.165) is 4.57 Å². The Morgan fingerprint density at radius 3 is 2.58 bits per heavy atom. The van der Waals surface area contributed by atoms with Crippen LogP contribution in [0.2, 0.25) is 0 Å². The summed E-state index contributed by atoms with van der Waals surface area (Å²) >= 11 is 0. The topological polar surface area (TPSA) is 104 Å². The summed E-state index contributed by atoms with van der Waals surface area (Å²) in [6.07, 6.45) is 1.29. The minimum absolute atomic E-state index is 0.0406. The number of aliphatic carboxylic acids is 1. The summed E-state index contributed by atoms with van der Waals surface area (Å²) in [5.41, 5.74) is -1.18. The zero-order chi connectivity index (χ0) is 14.6. The Balaban J connectivity index is 2.82. The summed E-state index contributed by atoms with van der Waals surface area (Å²) in [4.78, 5) is 35.6. The maximum absolute atomic E-state index is 11.5. The average Bonchev–Trinajstić information content (AvgIpc) is 2.24. The summed E-state index contributed by atoms with van der Waals surface area (Å²) < 4.78 is 1.16. The third kappa shape index (κ3) is 5.09. The highest BCUT2D eigenvalue weighted by Gasteiger charge is 2.21. The quantitative estimate of drug-likeness (QED) is 0.676. The van der Waals surface area contributed by atoms with E-state index in [1.165, 1.54) is 12.3 Å². The van der Waals surface area contributed by atoms with Gasteiger partial charge in [-0.3, -0.25) is 19.1 Å². The van der Waals surface area contributed by atoms with Crippen LogP contribution in [0.3, 0.4) is 0 Å². The Bertz CT molecular complexity index is 553. The fraction of sp³-hybridized carbons (Fsp3) is 0.583. The molecule has 1 atom stereocenters. The number of aromatic nitrogens is 2. The molecule has 1 rings (SSSR count). The number of carboxylic acids is 1. The lowest BCUT2D eigenvalue weighted by atomic mass is 9.96. The summed E-state index contributed by atoms with van der Waals surface area (Å²) in [7, 11) is 0. The molecule has 0 amide bonds. The molecule has 1 heterocycles. The molecule has 0 radical (unpaired) electrons. The Labute approximate surface area is 110 Å². The molecular weight excluding hydrogens is 250 g/mol. The van der Waals surface area contributed by atoms with Crippen molar-refractivity contribution in [1.82, 2.24) is 14.9 Å². The fourth-order valence-corrected chi connectivity index (χ4v) is 1.44. The fourth-order valence-electron chi connectivity index (χ4n) is 1.44. The van der Waals surface area contributed by atoms with E-state index >= 15 is 0 Å². The molecular formula is C12H19N3O4. The molecule has 3 N–H and O–H groups in total. The van der Waals surface area contributed by atoms with E-state index in [2.05, 4.69) is 10.3 Å². The van der Waals surface area contributed by atoms with E-state index in [4.69, 9.17) is 5.11 Å². The molecule has 0 aromatic carbocycles. The third-order valence-electron chi connectivity index (χ3n) is 2.45. The number of carboxylic acid groups (broad SMARTS) is 1. The van der Waals surface area contributed by atoms with Gasteiger partial charge in [0.15, 0.2) is 0 Å². The van der Waals surface area contributed by atoms with E-state index in [9.17, 15) is 14.4 Å². The minimum Gasteiger partial charge on any atom is -0.480 e. The van der Waals surface area contributed by atoms with Gasteiger partial charge in [-0.2, -0.15) is 0 Å². The number of aromatic amines is 1. The Hall–Kier alpha value is -1.89. The number of nitrogens with one attached hydrogen (secondary N) is 2. The monoisotopic (exact) mass is 269 g/mol. The summed E-state index contributed by atoms with van der Waals surface area (Å²) in [5, 5.41) is 12.0. The van der Waals surface area contributed by atoms with Crippen LogP contribution in [0.4, 0.5) is 0 Å². The van der Waals surface area contributed by atoms with Crippen LogP contribution in [0.1, 0.15) is 20.8 Å². The summed E-state index contributed by atoms with van der Waals surface area (Å²) in [6.45, 7) is 6.39. The van der Waals surface area contributed by atoms with Crippen LogP contribution < -0.4 is 16.6 Å². The van der Waals surface area contributed by atoms with Gasteiger partial charge in [0.2, 0.25) is 0 Å². The van der Waals surface area contributed by atoms with Crippen molar-refractivity contribution < 1.29 is 9.90 Å². The van der Waals surface area contributed by atoms with Crippen molar-refractivity contribution in [2.45, 2.75) is 33.4 Å². The Kier molecular flexibility index (Phi) is 4.66. The van der Waals surface area contributed by atoms with Gasteiger partial charge in [0.25, 0.3) is 5.56 Å². The van der Waals surface area contributed by atoms with Gasteiger partial charge in [0, 0.05) is 18.8 Å². The van der Waals surface area contributed by atoms with Crippen molar-refractivity contribution in [2.24, 2.45) is 5.41 Å². The minimum atomic E-state index is -1.04. The van der Waals surface area contributed by atoms with Crippen molar-refractivity contribution in [3.63, 3.8) is 0 Å². The van der Waals surface area contributed by atoms with Crippen LogP contribution in [0.25, 0.3) is 0 Å². The lowest BCUT2D eigenvalue weighted by molar-refractivity contribution is -0.140. The molecule has 0 saturated heterocycles. The first-order valence-corrected chi connectivity index (χ1v) is 5.95. The van der Waals surface area contributed by atoms with Gasteiger partial charge >= 0.3 is 11.7 Å². The molecule has 7 heteroatoms. The van der Waals surface area contributed by atoms with Crippen molar-refractivity contribution in [3.8, 4) is 0 Å². The van der Waals surface area contributed by atoms with E-state index in [1.807, 2.05) is 20.8 Å². The Morgan fingerprint density at radius 2 is 2.11 bits per heavy atom. The molecule has 0 aliphatic heterocycles. The zero-order valence-electron chi connectivity index (χ0n) is 11.3. The number of hydrogen-bond donors (Lipinski definition) is 3. The van der Waals surface area contributed by atoms with E-state index in [0.29, 0.717) is 6.54 Å². The van der Waals surface area contributed by atoms with E-state index in [1.54, 1.807) is 0 Å².